The number of methoxy groups -OCH3 is 1. The highest BCUT2D eigenvalue weighted by molar-refractivity contribution is 5.26. The van der Waals surface area contributed by atoms with Gasteiger partial charge >= 0.3 is 0 Å². The topological polar surface area (TPSA) is 61.6 Å². The molecule has 5 nitrogen and oxygen atoms in total. The Morgan fingerprint density at radius 2 is 2.00 bits per heavy atom. The van der Waals surface area contributed by atoms with Crippen molar-refractivity contribution in [2.24, 2.45) is 0 Å². The van der Waals surface area contributed by atoms with Crippen molar-refractivity contribution in [3.05, 3.63) is 39.9 Å². The van der Waals surface area contributed by atoms with Crippen LogP contribution < -0.4 is 4.74 Å². The molecule has 1 aromatic rings. The summed E-state index contributed by atoms with van der Waals surface area (Å²) in [5.41, 5.74) is 0.734. The lowest BCUT2D eigenvalue weighted by Crippen LogP contribution is -2.00. The van der Waals surface area contributed by atoms with Gasteiger partial charge in [-0.15, -0.1) is 10.1 Å². The van der Waals surface area contributed by atoms with E-state index in [4.69, 9.17) is 4.74 Å². The van der Waals surface area contributed by atoms with Crippen molar-refractivity contribution in [3.63, 3.8) is 0 Å². The Morgan fingerprint density at radius 3 is 2.46 bits per heavy atom. The van der Waals surface area contributed by atoms with E-state index < -0.39 is 5.09 Å². The molecule has 1 aromatic carbocycles. The van der Waals surface area contributed by atoms with Gasteiger partial charge in [0.25, 0.3) is 5.09 Å². The van der Waals surface area contributed by atoms with E-state index in [9.17, 15) is 10.1 Å². The molecule has 0 atom stereocenters. The van der Waals surface area contributed by atoms with Crippen LogP contribution in [-0.2, 0) is 11.4 Å². The molecule has 13 heavy (non-hydrogen) atoms. The molecule has 0 heterocycles. The van der Waals surface area contributed by atoms with Crippen LogP contribution in [0.15, 0.2) is 24.3 Å². The third-order valence-electron chi connectivity index (χ3n) is 1.50. The normalized spacial score (nSPS) is 9.31. The van der Waals surface area contributed by atoms with Gasteiger partial charge in [0.05, 0.1) is 7.11 Å². The largest absolute Gasteiger partial charge is 0.497 e. The number of benzene rings is 1. The van der Waals surface area contributed by atoms with Crippen molar-refractivity contribution in [1.82, 2.24) is 0 Å². The van der Waals surface area contributed by atoms with Crippen molar-refractivity contribution in [1.29, 1.82) is 0 Å². The average Bonchev–Trinajstić information content (AvgIpc) is 2.15. The molecule has 0 N–H and O–H groups in total. The van der Waals surface area contributed by atoms with Gasteiger partial charge in [-0.25, -0.2) is 0 Å². The van der Waals surface area contributed by atoms with Crippen molar-refractivity contribution in [2.45, 2.75) is 6.61 Å². The third-order valence-corrected chi connectivity index (χ3v) is 1.50. The summed E-state index contributed by atoms with van der Waals surface area (Å²) in [5.74, 6) is 0.713. The molecule has 70 valence electrons. The summed E-state index contributed by atoms with van der Waals surface area (Å²) in [6, 6.07) is 6.86. The van der Waals surface area contributed by atoms with E-state index in [1.807, 2.05) is 0 Å². The van der Waals surface area contributed by atoms with E-state index >= 15 is 0 Å². The van der Waals surface area contributed by atoms with E-state index in [1.54, 1.807) is 31.4 Å². The summed E-state index contributed by atoms with van der Waals surface area (Å²) in [4.78, 5) is 14.0. The summed E-state index contributed by atoms with van der Waals surface area (Å²) >= 11 is 0. The minimum Gasteiger partial charge on any atom is -0.497 e. The van der Waals surface area contributed by atoms with Crippen LogP contribution in [0.25, 0.3) is 0 Å². The number of nitrogens with zero attached hydrogens (tertiary/aromatic N) is 1. The summed E-state index contributed by atoms with van der Waals surface area (Å²) in [5, 5.41) is 9.04. The number of rotatable bonds is 4. The maximum atomic E-state index is 9.85. The van der Waals surface area contributed by atoms with Crippen molar-refractivity contribution in [2.75, 3.05) is 7.11 Å². The monoisotopic (exact) mass is 183 g/mol. The molecule has 0 aliphatic carbocycles. The molecule has 0 spiro atoms. The second kappa shape index (κ2) is 4.30. The quantitative estimate of drug-likeness (QED) is 0.523. The first-order valence-corrected chi connectivity index (χ1v) is 3.62. The first kappa shape index (κ1) is 9.31. The first-order chi connectivity index (χ1) is 6.22. The van der Waals surface area contributed by atoms with Gasteiger partial charge in [0.2, 0.25) is 0 Å². The smallest absolute Gasteiger partial charge is 0.294 e. The van der Waals surface area contributed by atoms with E-state index in [1.165, 1.54) is 0 Å². The molecule has 0 fully saturated rings. The molecule has 0 amide bonds. The minimum absolute atomic E-state index is 0.0308. The zero-order valence-electron chi connectivity index (χ0n) is 7.10. The Hall–Kier alpha value is -1.78. The lowest BCUT2D eigenvalue weighted by molar-refractivity contribution is -0.763. The Kier molecular flexibility index (Phi) is 3.08. The van der Waals surface area contributed by atoms with Gasteiger partial charge in [-0.05, 0) is 17.7 Å². The molecule has 0 bridgehead atoms. The fourth-order valence-corrected chi connectivity index (χ4v) is 0.849. The predicted molar refractivity (Wildman–Crippen MR) is 44.8 cm³/mol. The lowest BCUT2D eigenvalue weighted by atomic mass is 10.2. The van der Waals surface area contributed by atoms with Crippen LogP contribution in [0.5, 0.6) is 5.75 Å². The Balaban J connectivity index is 2.54. The zero-order chi connectivity index (χ0) is 9.68. The van der Waals surface area contributed by atoms with Crippen molar-refractivity contribution < 1.29 is 14.7 Å². The molecule has 1 rings (SSSR count). The van der Waals surface area contributed by atoms with Crippen molar-refractivity contribution in [3.8, 4) is 5.75 Å². The molecule has 0 aliphatic heterocycles. The van der Waals surface area contributed by atoms with Gasteiger partial charge in [0.15, 0.2) is 0 Å². The summed E-state index contributed by atoms with van der Waals surface area (Å²) in [6.45, 7) is -0.0308. The molecule has 0 aliphatic rings. The fraction of sp³-hybridized carbons (Fsp3) is 0.250. The zero-order valence-corrected chi connectivity index (χ0v) is 7.10. The van der Waals surface area contributed by atoms with Gasteiger partial charge in [-0.1, -0.05) is 12.1 Å². The second-order valence-electron chi connectivity index (χ2n) is 2.35. The van der Waals surface area contributed by atoms with Crippen LogP contribution in [-0.4, -0.2) is 12.2 Å². The van der Waals surface area contributed by atoms with Crippen LogP contribution in [0.4, 0.5) is 0 Å². The number of hydrogen-bond acceptors (Lipinski definition) is 4. The van der Waals surface area contributed by atoms with Crippen LogP contribution in [0.2, 0.25) is 0 Å². The lowest BCUT2D eigenvalue weighted by Gasteiger charge is -2.01. The second-order valence-corrected chi connectivity index (χ2v) is 2.35. The Labute approximate surface area is 75.0 Å². The van der Waals surface area contributed by atoms with Gasteiger partial charge < -0.3 is 9.57 Å². The molecular weight excluding hydrogens is 174 g/mol. The van der Waals surface area contributed by atoms with Crippen LogP contribution in [0.3, 0.4) is 0 Å². The van der Waals surface area contributed by atoms with Crippen LogP contribution in [0.1, 0.15) is 5.56 Å². The van der Waals surface area contributed by atoms with E-state index in [0.717, 1.165) is 5.56 Å². The number of hydrogen-bond donors (Lipinski definition) is 0. The van der Waals surface area contributed by atoms with Crippen LogP contribution >= 0.6 is 0 Å². The molecule has 0 saturated heterocycles. The van der Waals surface area contributed by atoms with E-state index in [-0.39, 0.29) is 6.61 Å². The highest BCUT2D eigenvalue weighted by Crippen LogP contribution is 2.11. The summed E-state index contributed by atoms with van der Waals surface area (Å²) in [6.07, 6.45) is 0. The Bertz CT molecular complexity index is 283. The standard InChI is InChI=1S/C8H9NO4/c1-12-8-4-2-7(3-5-8)6-13-9(10)11/h2-5H,6H2,1H3. The number of ether oxygens (including phenoxy) is 1. The Morgan fingerprint density at radius 1 is 1.38 bits per heavy atom. The van der Waals surface area contributed by atoms with E-state index in [0.29, 0.717) is 5.75 Å². The third kappa shape index (κ3) is 2.98. The minimum atomic E-state index is -0.815. The molecular formula is C8H9NO4. The van der Waals surface area contributed by atoms with Crippen LogP contribution in [0, 0.1) is 10.1 Å². The fourth-order valence-electron chi connectivity index (χ4n) is 0.849. The summed E-state index contributed by atoms with van der Waals surface area (Å²) < 4.78 is 4.92. The van der Waals surface area contributed by atoms with E-state index in [2.05, 4.69) is 4.84 Å². The molecule has 0 aromatic heterocycles. The maximum Gasteiger partial charge on any atom is 0.294 e. The molecule has 0 radical (unpaired) electrons. The highest BCUT2D eigenvalue weighted by Gasteiger charge is 1.97. The van der Waals surface area contributed by atoms with Crippen molar-refractivity contribution >= 4 is 0 Å². The maximum absolute atomic E-state index is 9.85. The first-order valence-electron chi connectivity index (χ1n) is 3.62. The molecule has 5 heteroatoms. The molecule has 0 unspecified atom stereocenters. The van der Waals surface area contributed by atoms with Gasteiger partial charge in [-0.3, -0.25) is 0 Å². The summed E-state index contributed by atoms with van der Waals surface area (Å²) in [7, 11) is 1.56. The molecule has 0 saturated carbocycles. The average molecular weight is 183 g/mol. The highest BCUT2D eigenvalue weighted by atomic mass is 16.9. The van der Waals surface area contributed by atoms with Gasteiger partial charge in [0, 0.05) is 0 Å². The van der Waals surface area contributed by atoms with Gasteiger partial charge in [0.1, 0.15) is 12.4 Å². The SMILES string of the molecule is COc1ccc(CO[N+](=O)[O-])cc1. The predicted octanol–water partition coefficient (Wildman–Crippen LogP) is 1.40. The van der Waals surface area contributed by atoms with Gasteiger partial charge in [-0.2, -0.15) is 0 Å².